The third-order valence-corrected chi connectivity index (χ3v) is 4.28. The van der Waals surface area contributed by atoms with Crippen LogP contribution in [0.2, 0.25) is 0 Å². The normalized spacial score (nSPS) is 13.2. The predicted octanol–water partition coefficient (Wildman–Crippen LogP) is 2.86. The predicted molar refractivity (Wildman–Crippen MR) is 83.7 cm³/mol. The van der Waals surface area contributed by atoms with Crippen LogP contribution < -0.4 is 19.5 Å². The van der Waals surface area contributed by atoms with E-state index in [9.17, 15) is 0 Å². The van der Waals surface area contributed by atoms with Gasteiger partial charge in [-0.1, -0.05) is 6.07 Å². The number of fused-ring (bicyclic) bond motifs is 1. The Labute approximate surface area is 128 Å². The molecule has 0 saturated carbocycles. The summed E-state index contributed by atoms with van der Waals surface area (Å²) >= 11 is 1.80. The molecule has 0 atom stereocenters. The molecule has 21 heavy (non-hydrogen) atoms. The molecule has 112 valence electrons. The molecule has 4 nitrogen and oxygen atoms in total. The van der Waals surface area contributed by atoms with Gasteiger partial charge in [-0.15, -0.1) is 11.3 Å². The van der Waals surface area contributed by atoms with Crippen molar-refractivity contribution >= 4 is 11.3 Å². The number of ether oxygens (including phenoxy) is 3. The Hall–Kier alpha value is -1.72. The minimum absolute atomic E-state index is 0.571. The van der Waals surface area contributed by atoms with Crippen molar-refractivity contribution in [2.75, 3.05) is 26.9 Å². The van der Waals surface area contributed by atoms with Crippen molar-refractivity contribution in [2.45, 2.75) is 13.0 Å². The van der Waals surface area contributed by atoms with Gasteiger partial charge in [0, 0.05) is 18.0 Å². The first-order valence-corrected chi connectivity index (χ1v) is 7.94. The zero-order chi connectivity index (χ0) is 14.5. The van der Waals surface area contributed by atoms with Crippen molar-refractivity contribution in [1.29, 1.82) is 0 Å². The SMILES string of the molecule is COc1cc(CNCCc2cccs2)cc2c1OCCO2. The summed E-state index contributed by atoms with van der Waals surface area (Å²) in [5.41, 5.74) is 1.14. The van der Waals surface area contributed by atoms with E-state index < -0.39 is 0 Å². The molecule has 5 heteroatoms. The molecule has 1 aliphatic rings. The molecule has 2 heterocycles. The van der Waals surface area contributed by atoms with Crippen LogP contribution in [0.25, 0.3) is 0 Å². The van der Waals surface area contributed by atoms with E-state index >= 15 is 0 Å². The van der Waals surface area contributed by atoms with E-state index in [2.05, 4.69) is 22.8 Å². The zero-order valence-corrected chi connectivity index (χ0v) is 12.9. The molecule has 1 aromatic carbocycles. The summed E-state index contributed by atoms with van der Waals surface area (Å²) in [7, 11) is 1.65. The van der Waals surface area contributed by atoms with Crippen molar-refractivity contribution in [3.8, 4) is 17.2 Å². The van der Waals surface area contributed by atoms with Crippen LogP contribution in [-0.4, -0.2) is 26.9 Å². The van der Waals surface area contributed by atoms with Gasteiger partial charge in [-0.25, -0.2) is 0 Å². The fourth-order valence-corrected chi connectivity index (χ4v) is 3.04. The van der Waals surface area contributed by atoms with Crippen LogP contribution >= 0.6 is 11.3 Å². The van der Waals surface area contributed by atoms with Gasteiger partial charge in [-0.2, -0.15) is 0 Å². The Morgan fingerprint density at radius 3 is 3.00 bits per heavy atom. The van der Waals surface area contributed by atoms with Crippen molar-refractivity contribution in [3.63, 3.8) is 0 Å². The number of hydrogen-bond acceptors (Lipinski definition) is 5. The van der Waals surface area contributed by atoms with E-state index in [1.54, 1.807) is 18.4 Å². The molecule has 0 radical (unpaired) electrons. The molecule has 3 rings (SSSR count). The molecule has 0 spiro atoms. The Morgan fingerprint density at radius 1 is 1.29 bits per heavy atom. The van der Waals surface area contributed by atoms with Crippen molar-refractivity contribution < 1.29 is 14.2 Å². The molecule has 1 aliphatic heterocycles. The van der Waals surface area contributed by atoms with E-state index in [1.165, 1.54) is 4.88 Å². The lowest BCUT2D eigenvalue weighted by molar-refractivity contribution is 0.165. The van der Waals surface area contributed by atoms with E-state index in [-0.39, 0.29) is 0 Å². The summed E-state index contributed by atoms with van der Waals surface area (Å²) in [5.74, 6) is 2.23. The highest BCUT2D eigenvalue weighted by atomic mass is 32.1. The second-order valence-electron chi connectivity index (χ2n) is 4.83. The van der Waals surface area contributed by atoms with Gasteiger partial charge >= 0.3 is 0 Å². The molecule has 0 bridgehead atoms. The fraction of sp³-hybridized carbons (Fsp3) is 0.375. The van der Waals surface area contributed by atoms with Crippen LogP contribution in [0, 0.1) is 0 Å². The third kappa shape index (κ3) is 3.49. The minimum atomic E-state index is 0.571. The number of rotatable bonds is 6. The Kier molecular flexibility index (Phi) is 4.62. The molecular weight excluding hydrogens is 286 g/mol. The molecular formula is C16H19NO3S. The third-order valence-electron chi connectivity index (χ3n) is 3.35. The van der Waals surface area contributed by atoms with Gasteiger partial charge < -0.3 is 19.5 Å². The summed E-state index contributed by atoms with van der Waals surface area (Å²) in [6.45, 7) is 2.91. The maximum Gasteiger partial charge on any atom is 0.203 e. The zero-order valence-electron chi connectivity index (χ0n) is 12.1. The van der Waals surface area contributed by atoms with Gasteiger partial charge in [0.2, 0.25) is 5.75 Å². The second-order valence-corrected chi connectivity index (χ2v) is 5.86. The lowest BCUT2D eigenvalue weighted by Gasteiger charge is -2.21. The highest BCUT2D eigenvalue weighted by Crippen LogP contribution is 2.40. The lowest BCUT2D eigenvalue weighted by atomic mass is 10.1. The largest absolute Gasteiger partial charge is 0.493 e. The van der Waals surface area contributed by atoms with Crippen molar-refractivity contribution in [3.05, 3.63) is 40.1 Å². The number of nitrogens with one attached hydrogen (secondary N) is 1. The maximum atomic E-state index is 5.64. The van der Waals surface area contributed by atoms with Gasteiger partial charge in [-0.05, 0) is 35.6 Å². The van der Waals surface area contributed by atoms with Crippen molar-refractivity contribution in [2.24, 2.45) is 0 Å². The van der Waals surface area contributed by atoms with Crippen LogP contribution in [0.15, 0.2) is 29.6 Å². The first-order valence-electron chi connectivity index (χ1n) is 7.06. The van der Waals surface area contributed by atoms with E-state index in [1.807, 2.05) is 12.1 Å². The van der Waals surface area contributed by atoms with Crippen LogP contribution in [0.1, 0.15) is 10.4 Å². The van der Waals surface area contributed by atoms with Crippen LogP contribution in [0.5, 0.6) is 17.2 Å². The fourth-order valence-electron chi connectivity index (χ4n) is 2.33. The summed E-state index contributed by atoms with van der Waals surface area (Å²) in [6.07, 6.45) is 1.05. The summed E-state index contributed by atoms with van der Waals surface area (Å²) in [4.78, 5) is 1.40. The maximum absolute atomic E-state index is 5.64. The first-order chi connectivity index (χ1) is 10.4. The second kappa shape index (κ2) is 6.83. The molecule has 0 aliphatic carbocycles. The van der Waals surface area contributed by atoms with Gasteiger partial charge in [0.05, 0.1) is 7.11 Å². The molecule has 2 aromatic rings. The Bertz CT molecular complexity index is 566. The van der Waals surface area contributed by atoms with Crippen LogP contribution in [-0.2, 0) is 13.0 Å². The van der Waals surface area contributed by atoms with E-state index in [0.29, 0.717) is 19.0 Å². The minimum Gasteiger partial charge on any atom is -0.493 e. The van der Waals surface area contributed by atoms with Gasteiger partial charge in [0.15, 0.2) is 11.5 Å². The molecule has 0 unspecified atom stereocenters. The summed E-state index contributed by atoms with van der Waals surface area (Å²) in [5, 5.41) is 5.56. The first kappa shape index (κ1) is 14.2. The number of thiophene rings is 1. The Balaban J connectivity index is 1.60. The van der Waals surface area contributed by atoms with E-state index in [0.717, 1.165) is 36.6 Å². The lowest BCUT2D eigenvalue weighted by Crippen LogP contribution is -2.18. The highest BCUT2D eigenvalue weighted by Gasteiger charge is 2.18. The molecule has 0 fully saturated rings. The quantitative estimate of drug-likeness (QED) is 0.833. The molecule has 1 N–H and O–H groups in total. The smallest absolute Gasteiger partial charge is 0.203 e. The van der Waals surface area contributed by atoms with Gasteiger partial charge in [0.25, 0.3) is 0 Å². The number of methoxy groups -OCH3 is 1. The summed E-state index contributed by atoms with van der Waals surface area (Å²) in [6, 6.07) is 8.28. The molecule has 1 aromatic heterocycles. The average molecular weight is 305 g/mol. The monoisotopic (exact) mass is 305 g/mol. The van der Waals surface area contributed by atoms with Gasteiger partial charge in [0.1, 0.15) is 13.2 Å². The number of hydrogen-bond donors (Lipinski definition) is 1. The Morgan fingerprint density at radius 2 is 2.19 bits per heavy atom. The highest BCUT2D eigenvalue weighted by molar-refractivity contribution is 7.09. The topological polar surface area (TPSA) is 39.7 Å². The molecule has 0 saturated heterocycles. The van der Waals surface area contributed by atoms with Crippen LogP contribution in [0.4, 0.5) is 0 Å². The van der Waals surface area contributed by atoms with Gasteiger partial charge in [-0.3, -0.25) is 0 Å². The van der Waals surface area contributed by atoms with Crippen molar-refractivity contribution in [1.82, 2.24) is 5.32 Å². The average Bonchev–Trinajstić information content (AvgIpc) is 3.04. The standard InChI is InChI=1S/C16H19NO3S/c1-18-14-9-12(10-15-16(14)20-7-6-19-15)11-17-5-4-13-3-2-8-21-13/h2-3,8-10,17H,4-7,11H2,1H3. The number of benzene rings is 1. The van der Waals surface area contributed by atoms with E-state index in [4.69, 9.17) is 14.2 Å². The van der Waals surface area contributed by atoms with Crippen LogP contribution in [0.3, 0.4) is 0 Å². The molecule has 0 amide bonds. The summed E-state index contributed by atoms with van der Waals surface area (Å²) < 4.78 is 16.6.